The van der Waals surface area contributed by atoms with Crippen LogP contribution in [-0.4, -0.2) is 25.5 Å². The first-order chi connectivity index (χ1) is 7.18. The largest absolute Gasteiger partial charge is 0.309 e. The number of hydrogen-bond donors (Lipinski definition) is 0. The molecule has 0 aliphatic rings. The van der Waals surface area contributed by atoms with Crippen molar-refractivity contribution < 1.29 is 0 Å². The summed E-state index contributed by atoms with van der Waals surface area (Å²) in [5.74, 6) is 0. The zero-order valence-electron chi connectivity index (χ0n) is 10.0. The van der Waals surface area contributed by atoms with Gasteiger partial charge in [0.05, 0.1) is 0 Å². The van der Waals surface area contributed by atoms with E-state index in [9.17, 15) is 0 Å². The lowest BCUT2D eigenvalue weighted by Gasteiger charge is -2.06. The molecule has 0 fully saturated rings. The van der Waals surface area contributed by atoms with Crippen molar-refractivity contribution in [3.05, 3.63) is 41.5 Å². The first kappa shape index (κ1) is 12.0. The van der Waals surface area contributed by atoms with E-state index < -0.39 is 0 Å². The molecular formula is C14H21N. The molecule has 1 heteroatoms. The van der Waals surface area contributed by atoms with Crippen LogP contribution >= 0.6 is 0 Å². The Labute approximate surface area is 93.4 Å². The first-order valence-electron chi connectivity index (χ1n) is 5.56. The summed E-state index contributed by atoms with van der Waals surface area (Å²) >= 11 is 0. The van der Waals surface area contributed by atoms with E-state index >= 15 is 0 Å². The maximum atomic E-state index is 2.26. The van der Waals surface area contributed by atoms with Gasteiger partial charge in [0.25, 0.3) is 0 Å². The van der Waals surface area contributed by atoms with Crippen LogP contribution in [0.4, 0.5) is 0 Å². The SMILES string of the molecule is Cc1cccc(/C=C/CCCN(C)C)c1. The Balaban J connectivity index is 2.32. The lowest BCUT2D eigenvalue weighted by Crippen LogP contribution is -2.12. The van der Waals surface area contributed by atoms with Gasteiger partial charge in [-0.05, 0) is 46.0 Å². The van der Waals surface area contributed by atoms with Gasteiger partial charge in [-0.3, -0.25) is 0 Å². The Hall–Kier alpha value is -1.08. The molecule has 1 nitrogen and oxygen atoms in total. The molecule has 0 saturated carbocycles. The van der Waals surface area contributed by atoms with Crippen LogP contribution < -0.4 is 0 Å². The summed E-state index contributed by atoms with van der Waals surface area (Å²) in [7, 11) is 4.23. The van der Waals surface area contributed by atoms with Crippen LogP contribution in [0.25, 0.3) is 6.08 Å². The van der Waals surface area contributed by atoms with Gasteiger partial charge in [-0.1, -0.05) is 42.0 Å². The topological polar surface area (TPSA) is 3.24 Å². The highest BCUT2D eigenvalue weighted by molar-refractivity contribution is 5.49. The predicted octanol–water partition coefficient (Wildman–Crippen LogP) is 3.35. The summed E-state index contributed by atoms with van der Waals surface area (Å²) in [5.41, 5.74) is 2.63. The Bertz CT molecular complexity index is 313. The van der Waals surface area contributed by atoms with E-state index in [1.807, 2.05) is 0 Å². The quantitative estimate of drug-likeness (QED) is 0.663. The zero-order valence-corrected chi connectivity index (χ0v) is 10.0. The summed E-state index contributed by atoms with van der Waals surface area (Å²) in [6, 6.07) is 8.59. The Kier molecular flexibility index (Phi) is 5.13. The third kappa shape index (κ3) is 5.38. The monoisotopic (exact) mass is 203 g/mol. The molecule has 0 atom stereocenters. The van der Waals surface area contributed by atoms with Crippen molar-refractivity contribution >= 4 is 6.08 Å². The minimum absolute atomic E-state index is 1.16. The molecular weight excluding hydrogens is 182 g/mol. The van der Waals surface area contributed by atoms with E-state index in [4.69, 9.17) is 0 Å². The molecule has 0 N–H and O–H groups in total. The van der Waals surface area contributed by atoms with Crippen LogP contribution in [0.1, 0.15) is 24.0 Å². The van der Waals surface area contributed by atoms with Crippen LogP contribution in [0.15, 0.2) is 30.3 Å². The van der Waals surface area contributed by atoms with E-state index in [1.165, 1.54) is 17.5 Å². The summed E-state index contributed by atoms with van der Waals surface area (Å²) in [4.78, 5) is 2.22. The number of benzene rings is 1. The highest BCUT2D eigenvalue weighted by atomic mass is 15.0. The predicted molar refractivity (Wildman–Crippen MR) is 68.0 cm³/mol. The molecule has 0 amide bonds. The number of rotatable bonds is 5. The number of hydrogen-bond acceptors (Lipinski definition) is 1. The van der Waals surface area contributed by atoms with Crippen LogP contribution in [0.5, 0.6) is 0 Å². The molecule has 15 heavy (non-hydrogen) atoms. The van der Waals surface area contributed by atoms with Crippen molar-refractivity contribution in [1.82, 2.24) is 4.90 Å². The number of allylic oxidation sites excluding steroid dienone is 1. The maximum absolute atomic E-state index is 2.26. The third-order valence-electron chi connectivity index (χ3n) is 2.33. The molecule has 0 aromatic heterocycles. The van der Waals surface area contributed by atoms with E-state index in [2.05, 4.69) is 62.3 Å². The number of unbranched alkanes of at least 4 members (excludes halogenated alkanes) is 1. The summed E-state index contributed by atoms with van der Waals surface area (Å²) in [6.07, 6.45) is 6.86. The van der Waals surface area contributed by atoms with Crippen LogP contribution in [-0.2, 0) is 0 Å². The smallest absolute Gasteiger partial charge is 0.00219 e. The van der Waals surface area contributed by atoms with Gasteiger partial charge in [-0.2, -0.15) is 0 Å². The van der Waals surface area contributed by atoms with E-state index in [0.29, 0.717) is 0 Å². The molecule has 1 aromatic rings. The minimum atomic E-state index is 1.16. The fourth-order valence-electron chi connectivity index (χ4n) is 1.52. The van der Waals surface area contributed by atoms with Crippen molar-refractivity contribution in [3.63, 3.8) is 0 Å². The second-order valence-electron chi connectivity index (χ2n) is 4.26. The fraction of sp³-hybridized carbons (Fsp3) is 0.429. The second-order valence-corrected chi connectivity index (χ2v) is 4.26. The highest BCUT2D eigenvalue weighted by Crippen LogP contribution is 2.06. The van der Waals surface area contributed by atoms with Crippen molar-refractivity contribution in [2.24, 2.45) is 0 Å². The van der Waals surface area contributed by atoms with Crippen LogP contribution in [0, 0.1) is 6.92 Å². The van der Waals surface area contributed by atoms with Gasteiger partial charge in [0.2, 0.25) is 0 Å². The molecule has 0 radical (unpaired) electrons. The Morgan fingerprint density at radius 3 is 2.73 bits per heavy atom. The summed E-state index contributed by atoms with van der Waals surface area (Å²) < 4.78 is 0. The molecule has 0 spiro atoms. The molecule has 1 rings (SSSR count). The molecule has 0 aliphatic heterocycles. The summed E-state index contributed by atoms with van der Waals surface area (Å²) in [6.45, 7) is 3.29. The molecule has 0 aliphatic carbocycles. The minimum Gasteiger partial charge on any atom is -0.309 e. The van der Waals surface area contributed by atoms with Crippen molar-refractivity contribution in [2.75, 3.05) is 20.6 Å². The molecule has 1 aromatic carbocycles. The fourth-order valence-corrected chi connectivity index (χ4v) is 1.52. The van der Waals surface area contributed by atoms with Gasteiger partial charge >= 0.3 is 0 Å². The van der Waals surface area contributed by atoms with Crippen molar-refractivity contribution in [2.45, 2.75) is 19.8 Å². The second kappa shape index (κ2) is 6.41. The molecule has 0 heterocycles. The molecule has 0 unspecified atom stereocenters. The maximum Gasteiger partial charge on any atom is -0.00219 e. The van der Waals surface area contributed by atoms with E-state index in [0.717, 1.165) is 13.0 Å². The zero-order chi connectivity index (χ0) is 11.1. The van der Waals surface area contributed by atoms with Crippen molar-refractivity contribution in [1.29, 1.82) is 0 Å². The van der Waals surface area contributed by atoms with Gasteiger partial charge in [0.1, 0.15) is 0 Å². The standard InChI is InChI=1S/C14H21N/c1-13-8-7-10-14(12-13)9-5-4-6-11-15(2)3/h5,7-10,12H,4,6,11H2,1-3H3/b9-5+. The van der Waals surface area contributed by atoms with Gasteiger partial charge < -0.3 is 4.90 Å². The summed E-state index contributed by atoms with van der Waals surface area (Å²) in [5, 5.41) is 0. The van der Waals surface area contributed by atoms with Crippen LogP contribution in [0.2, 0.25) is 0 Å². The Morgan fingerprint density at radius 1 is 1.27 bits per heavy atom. The first-order valence-corrected chi connectivity index (χ1v) is 5.56. The van der Waals surface area contributed by atoms with Gasteiger partial charge in [0.15, 0.2) is 0 Å². The van der Waals surface area contributed by atoms with E-state index in [-0.39, 0.29) is 0 Å². The third-order valence-corrected chi connectivity index (χ3v) is 2.33. The van der Waals surface area contributed by atoms with E-state index in [1.54, 1.807) is 0 Å². The lowest BCUT2D eigenvalue weighted by atomic mass is 10.1. The van der Waals surface area contributed by atoms with Gasteiger partial charge in [0, 0.05) is 0 Å². The normalized spacial score (nSPS) is 11.5. The molecule has 82 valence electrons. The lowest BCUT2D eigenvalue weighted by molar-refractivity contribution is 0.402. The average Bonchev–Trinajstić information content (AvgIpc) is 2.17. The number of aryl methyl sites for hydroxylation is 1. The average molecular weight is 203 g/mol. The highest BCUT2D eigenvalue weighted by Gasteiger charge is 1.89. The van der Waals surface area contributed by atoms with Gasteiger partial charge in [-0.15, -0.1) is 0 Å². The van der Waals surface area contributed by atoms with Gasteiger partial charge in [-0.25, -0.2) is 0 Å². The Morgan fingerprint density at radius 2 is 2.07 bits per heavy atom. The van der Waals surface area contributed by atoms with Crippen LogP contribution in [0.3, 0.4) is 0 Å². The van der Waals surface area contributed by atoms with Crippen molar-refractivity contribution in [3.8, 4) is 0 Å². The molecule has 0 saturated heterocycles. The number of nitrogens with zero attached hydrogens (tertiary/aromatic N) is 1. The molecule has 0 bridgehead atoms.